The van der Waals surface area contributed by atoms with E-state index >= 15 is 0 Å². The molecule has 0 spiro atoms. The highest BCUT2D eigenvalue weighted by molar-refractivity contribution is 6.00. The Balaban J connectivity index is 1.85. The Morgan fingerprint density at radius 2 is 1.91 bits per heavy atom. The lowest BCUT2D eigenvalue weighted by Crippen LogP contribution is -2.28. The molecule has 2 unspecified atom stereocenters. The Hall–Kier alpha value is -2.04. The second kappa shape index (κ2) is 7.82. The maximum Gasteiger partial charge on any atom is 0.228 e. The zero-order chi connectivity index (χ0) is 15.9. The minimum atomic E-state index is -0.226. The van der Waals surface area contributed by atoms with Gasteiger partial charge in [-0.2, -0.15) is 0 Å². The van der Waals surface area contributed by atoms with Crippen molar-refractivity contribution in [2.45, 2.75) is 33.1 Å². The van der Waals surface area contributed by atoms with Crippen LogP contribution in [-0.2, 0) is 9.59 Å². The Bertz CT molecular complexity index is 530. The summed E-state index contributed by atoms with van der Waals surface area (Å²) < 4.78 is 5.48. The Labute approximate surface area is 131 Å². The summed E-state index contributed by atoms with van der Waals surface area (Å²) in [7, 11) is 0. The molecule has 0 heterocycles. The number of para-hydroxylation sites is 2. The van der Waals surface area contributed by atoms with Crippen molar-refractivity contribution in [1.29, 1.82) is 0 Å². The normalized spacial score (nSPS) is 19.4. The van der Waals surface area contributed by atoms with Gasteiger partial charge in [0.2, 0.25) is 11.8 Å². The van der Waals surface area contributed by atoms with Crippen LogP contribution in [0.15, 0.2) is 24.3 Å². The molecule has 0 saturated heterocycles. The zero-order valence-corrected chi connectivity index (χ0v) is 13.2. The van der Waals surface area contributed by atoms with Crippen LogP contribution in [0.1, 0.15) is 33.1 Å². The van der Waals surface area contributed by atoms with Gasteiger partial charge in [0.05, 0.1) is 24.1 Å². The summed E-state index contributed by atoms with van der Waals surface area (Å²) in [5.41, 5.74) is 0.659. The highest BCUT2D eigenvalue weighted by atomic mass is 16.5. The molecule has 2 N–H and O–H groups in total. The molecule has 22 heavy (non-hydrogen) atoms. The van der Waals surface area contributed by atoms with Gasteiger partial charge in [0.1, 0.15) is 5.75 Å². The average Bonchev–Trinajstić information content (AvgIpc) is 3.30. The second-order valence-corrected chi connectivity index (χ2v) is 5.51. The number of hydrogen-bond acceptors (Lipinski definition) is 3. The third-order valence-corrected chi connectivity index (χ3v) is 3.74. The molecule has 5 nitrogen and oxygen atoms in total. The molecule has 1 fully saturated rings. The SMILES string of the molecule is CCCCNC(=O)C1CC1C(=O)Nc1ccccc1OCC. The molecule has 1 aliphatic rings. The Morgan fingerprint density at radius 3 is 2.64 bits per heavy atom. The number of nitrogens with one attached hydrogen (secondary N) is 2. The van der Waals surface area contributed by atoms with Gasteiger partial charge in [-0.25, -0.2) is 0 Å². The van der Waals surface area contributed by atoms with E-state index in [4.69, 9.17) is 4.74 Å². The molecule has 2 rings (SSSR count). The van der Waals surface area contributed by atoms with Crippen molar-refractivity contribution in [1.82, 2.24) is 5.32 Å². The number of benzene rings is 1. The van der Waals surface area contributed by atoms with E-state index in [2.05, 4.69) is 17.6 Å². The van der Waals surface area contributed by atoms with Crippen LogP contribution in [0.3, 0.4) is 0 Å². The third kappa shape index (κ3) is 4.23. The van der Waals surface area contributed by atoms with Crippen molar-refractivity contribution < 1.29 is 14.3 Å². The number of carbonyl (C=O) groups excluding carboxylic acids is 2. The van der Waals surface area contributed by atoms with E-state index < -0.39 is 0 Å². The fourth-order valence-electron chi connectivity index (χ4n) is 2.37. The maximum absolute atomic E-state index is 12.2. The summed E-state index contributed by atoms with van der Waals surface area (Å²) in [4.78, 5) is 24.1. The van der Waals surface area contributed by atoms with Crippen molar-refractivity contribution in [2.24, 2.45) is 11.8 Å². The topological polar surface area (TPSA) is 67.4 Å². The summed E-state index contributed by atoms with van der Waals surface area (Å²) in [5.74, 6) is 0.129. The van der Waals surface area contributed by atoms with E-state index in [0.29, 0.717) is 31.0 Å². The van der Waals surface area contributed by atoms with Crippen molar-refractivity contribution in [3.05, 3.63) is 24.3 Å². The third-order valence-electron chi connectivity index (χ3n) is 3.74. The van der Waals surface area contributed by atoms with Crippen LogP contribution in [0.2, 0.25) is 0 Å². The predicted molar refractivity (Wildman–Crippen MR) is 85.8 cm³/mol. The highest BCUT2D eigenvalue weighted by Crippen LogP contribution is 2.40. The summed E-state index contributed by atoms with van der Waals surface area (Å²) in [5, 5.41) is 5.75. The van der Waals surface area contributed by atoms with Crippen LogP contribution in [0.25, 0.3) is 0 Å². The van der Waals surface area contributed by atoms with Gasteiger partial charge in [0.15, 0.2) is 0 Å². The molecule has 0 aromatic heterocycles. The molecule has 1 aromatic carbocycles. The summed E-state index contributed by atoms with van der Waals surface area (Å²) in [6, 6.07) is 7.34. The maximum atomic E-state index is 12.2. The van der Waals surface area contributed by atoms with E-state index in [1.165, 1.54) is 0 Å². The van der Waals surface area contributed by atoms with Crippen molar-refractivity contribution >= 4 is 17.5 Å². The number of anilines is 1. The summed E-state index contributed by atoms with van der Waals surface area (Å²) in [6.07, 6.45) is 2.64. The van der Waals surface area contributed by atoms with Crippen LogP contribution in [0, 0.1) is 11.8 Å². The number of ether oxygens (including phenoxy) is 1. The summed E-state index contributed by atoms with van der Waals surface area (Å²) >= 11 is 0. The Kier molecular flexibility index (Phi) is 5.81. The van der Waals surface area contributed by atoms with Gasteiger partial charge in [0, 0.05) is 6.54 Å². The van der Waals surface area contributed by atoms with Crippen molar-refractivity contribution in [3.8, 4) is 5.75 Å². The minimum Gasteiger partial charge on any atom is -0.492 e. The Morgan fingerprint density at radius 1 is 1.18 bits per heavy atom. The van der Waals surface area contributed by atoms with Gasteiger partial charge in [-0.1, -0.05) is 25.5 Å². The van der Waals surface area contributed by atoms with E-state index in [1.54, 1.807) is 0 Å². The number of amides is 2. The zero-order valence-electron chi connectivity index (χ0n) is 13.2. The van der Waals surface area contributed by atoms with E-state index in [1.807, 2.05) is 31.2 Å². The molecule has 0 radical (unpaired) electrons. The van der Waals surface area contributed by atoms with Crippen LogP contribution in [-0.4, -0.2) is 25.0 Å². The fourth-order valence-corrected chi connectivity index (χ4v) is 2.37. The molecular weight excluding hydrogens is 280 g/mol. The van der Waals surface area contributed by atoms with Gasteiger partial charge >= 0.3 is 0 Å². The smallest absolute Gasteiger partial charge is 0.228 e. The van der Waals surface area contributed by atoms with Gasteiger partial charge < -0.3 is 15.4 Å². The molecular formula is C17H24N2O3. The fraction of sp³-hybridized carbons (Fsp3) is 0.529. The number of hydrogen-bond donors (Lipinski definition) is 2. The van der Waals surface area contributed by atoms with Crippen LogP contribution in [0.4, 0.5) is 5.69 Å². The van der Waals surface area contributed by atoms with Gasteiger partial charge in [-0.3, -0.25) is 9.59 Å². The summed E-state index contributed by atoms with van der Waals surface area (Å²) in [6.45, 7) is 5.21. The quantitative estimate of drug-likeness (QED) is 0.725. The van der Waals surface area contributed by atoms with E-state index in [-0.39, 0.29) is 23.7 Å². The van der Waals surface area contributed by atoms with Gasteiger partial charge in [0.25, 0.3) is 0 Å². The molecule has 2 amide bonds. The number of carbonyl (C=O) groups is 2. The molecule has 0 aliphatic heterocycles. The van der Waals surface area contributed by atoms with E-state index in [0.717, 1.165) is 12.8 Å². The first kappa shape index (κ1) is 16.3. The largest absolute Gasteiger partial charge is 0.492 e. The number of unbranched alkanes of at least 4 members (excludes halogenated alkanes) is 1. The predicted octanol–water partition coefficient (Wildman–Crippen LogP) is 2.58. The lowest BCUT2D eigenvalue weighted by Gasteiger charge is -2.11. The first-order chi connectivity index (χ1) is 10.7. The number of rotatable bonds is 8. The first-order valence-electron chi connectivity index (χ1n) is 7.97. The van der Waals surface area contributed by atoms with Crippen molar-refractivity contribution in [3.63, 3.8) is 0 Å². The van der Waals surface area contributed by atoms with Crippen LogP contribution in [0.5, 0.6) is 5.75 Å². The lowest BCUT2D eigenvalue weighted by molar-refractivity contribution is -0.125. The molecule has 1 aliphatic carbocycles. The first-order valence-corrected chi connectivity index (χ1v) is 7.97. The van der Waals surface area contributed by atoms with Gasteiger partial charge in [-0.15, -0.1) is 0 Å². The van der Waals surface area contributed by atoms with Crippen LogP contribution >= 0.6 is 0 Å². The van der Waals surface area contributed by atoms with Crippen molar-refractivity contribution in [2.75, 3.05) is 18.5 Å². The minimum absolute atomic E-state index is 0.00769. The molecule has 0 bridgehead atoms. The molecule has 1 aromatic rings. The lowest BCUT2D eigenvalue weighted by atomic mass is 10.2. The molecule has 120 valence electrons. The highest BCUT2D eigenvalue weighted by Gasteiger charge is 2.47. The molecule has 2 atom stereocenters. The van der Waals surface area contributed by atoms with Gasteiger partial charge in [-0.05, 0) is 31.9 Å². The van der Waals surface area contributed by atoms with E-state index in [9.17, 15) is 9.59 Å². The standard InChI is InChI=1S/C17H24N2O3/c1-3-5-10-18-16(20)12-11-13(12)17(21)19-14-8-6-7-9-15(14)22-4-2/h6-9,12-13H,3-5,10-11H2,1-2H3,(H,18,20)(H,19,21). The molecule has 5 heteroatoms. The monoisotopic (exact) mass is 304 g/mol. The average molecular weight is 304 g/mol. The second-order valence-electron chi connectivity index (χ2n) is 5.51. The molecule has 1 saturated carbocycles. The van der Waals surface area contributed by atoms with Crippen LogP contribution < -0.4 is 15.4 Å².